The van der Waals surface area contributed by atoms with Gasteiger partial charge in [0.15, 0.2) is 36.7 Å². The summed E-state index contributed by atoms with van der Waals surface area (Å²) < 4.78 is 71.0. The van der Waals surface area contributed by atoms with Gasteiger partial charge in [0.05, 0.1) is 78.2 Å². The standard InChI is InChI=1S/C71H117BrN4O34.H3N/c1-6-7-8-9-10-11-12-13-14-15-16-17-18-19-20-21-50(88)76-39(40(84)22-23-49(87)73-25-24-37-26-43(99-4)44(100-5)27-38(37)72)34-101-67-59(95)57(93)61(47(32-80)104-67)106-69-60(96)65(110-71(70(97)98)28-41(85)51(74-35(2)82)64(109-71)53(89)42(86)29-77)62(48(33-81)105-69)107-66-52(75-36(3)83)63(55(91)46(31-79)102-66)108-68-58(94)56(92)54(90)45(30-78)103-68;/h22-23,26-27,39-42,45-48,51-69,77-81,84-86,89-96H,6-21,24-25,28-34H2,1-5H3,(H,73,87)(H,74,82)(H,75,83)(H,76,88)(H,97,98);1H3/b23-22+;/t39-,40+,41-,42+,45+,46+,47+,48+,51?,52+,53+,54-,55-,56-,57+,58+,59+,60+,61+,62-,63+,64?,65+,66-,67+,68-,69-,71-;/m0./s1. The van der Waals surface area contributed by atoms with Crippen LogP contribution in [0.2, 0.25) is 0 Å². The van der Waals surface area contributed by atoms with E-state index in [9.17, 15) is 111 Å². The fourth-order valence-corrected chi connectivity index (χ4v) is 14.3. The monoisotopic (exact) mass is 1670 g/mol. The van der Waals surface area contributed by atoms with Crippen LogP contribution in [0, 0.1) is 0 Å². The Balaban J connectivity index is 0.0000220. The first-order valence-corrected chi connectivity index (χ1v) is 38.3. The smallest absolute Gasteiger partial charge is 0.243 e. The van der Waals surface area contributed by atoms with Crippen molar-refractivity contribution in [2.75, 3.05) is 60.4 Å². The number of carbonyl (C=O) groups is 5. The lowest BCUT2D eigenvalue weighted by atomic mass is 9.88. The SMILES string of the molecule is CCCCCCCCCCCCCCCCCC(=O)N[C@@H](CO[C@@H]1O[C@H](CO)[C@@H](O[C@@H]2O[C@H](CO)[C@H](O[C@@H]3O[C@H](CO)[C@H](O)[C@H](O[C@@H]4O[C@H](CO)[C@H](O)[C@H](O)[C@H]4O)[C@H]3NC(C)=O)[C@H](O[C@]3(C(=O)[O-])C[C@H](O)C(NC(C)=O)C([C@H](O)[C@H](O)CO)O3)[C@H]2O)[C@H](O)[C@H]1O)[C@H](O)/C=C/C(=O)NCCc1cc(OC)c(OC)cc1Br.[NH4+]. The summed E-state index contributed by atoms with van der Waals surface area (Å²) in [5, 5.41) is 202. The van der Waals surface area contributed by atoms with Gasteiger partial charge in [-0.25, -0.2) is 0 Å². The maximum absolute atomic E-state index is 13.7. The van der Waals surface area contributed by atoms with Gasteiger partial charge in [0, 0.05) is 43.8 Å². The number of aliphatic carboxylic acids is 1. The molecule has 5 saturated heterocycles. The summed E-state index contributed by atoms with van der Waals surface area (Å²) in [6, 6.07) is -1.72. The van der Waals surface area contributed by atoms with Crippen molar-refractivity contribution in [3.63, 3.8) is 0 Å². The van der Waals surface area contributed by atoms with E-state index in [0.717, 1.165) is 70.1 Å². The zero-order valence-electron chi connectivity index (χ0n) is 63.5. The van der Waals surface area contributed by atoms with Crippen LogP contribution in [0.4, 0.5) is 0 Å². The second kappa shape index (κ2) is 48.1. The molecule has 39 nitrogen and oxygen atoms in total. The van der Waals surface area contributed by atoms with E-state index >= 15 is 0 Å². The van der Waals surface area contributed by atoms with E-state index in [1.165, 1.54) is 65.6 Å². The van der Waals surface area contributed by atoms with Crippen LogP contribution in [0.5, 0.6) is 11.5 Å². The van der Waals surface area contributed by atoms with Crippen LogP contribution in [0.3, 0.4) is 0 Å². The number of hydrogen-bond donors (Lipinski definition) is 21. The topological polar surface area (TPSA) is 627 Å². The minimum Gasteiger partial charge on any atom is -0.544 e. The number of ether oxygens (including phenoxy) is 12. The molecule has 1 aromatic carbocycles. The average molecular weight is 1670 g/mol. The summed E-state index contributed by atoms with van der Waals surface area (Å²) in [5.41, 5.74) is 0.765. The highest BCUT2D eigenvalue weighted by molar-refractivity contribution is 9.10. The number of hydrogen-bond acceptors (Lipinski definition) is 34. The van der Waals surface area contributed by atoms with E-state index < -0.39 is 247 Å². The van der Waals surface area contributed by atoms with E-state index in [2.05, 4.69) is 44.1 Å². The number of halogens is 1. The van der Waals surface area contributed by atoms with Gasteiger partial charge < -0.3 is 176 Å². The first-order valence-electron chi connectivity index (χ1n) is 37.5. The number of carbonyl (C=O) groups excluding carboxylic acids is 5. The maximum atomic E-state index is 13.7. The van der Waals surface area contributed by atoms with E-state index in [1.807, 2.05) is 0 Å². The van der Waals surface area contributed by atoms with Crippen molar-refractivity contribution >= 4 is 45.5 Å². The molecule has 5 fully saturated rings. The van der Waals surface area contributed by atoms with Gasteiger partial charge in [0.2, 0.25) is 29.4 Å². The molecule has 5 aliphatic rings. The number of amides is 4. The van der Waals surface area contributed by atoms with Crippen LogP contribution in [0.25, 0.3) is 0 Å². The molecule has 2 unspecified atom stereocenters. The van der Waals surface area contributed by atoms with E-state index in [-0.39, 0.29) is 19.1 Å². The summed E-state index contributed by atoms with van der Waals surface area (Å²) in [5.74, 6) is -8.06. The molecular formula is C71H120BrN5O34. The molecule has 0 bridgehead atoms. The third kappa shape index (κ3) is 27.2. The summed E-state index contributed by atoms with van der Waals surface area (Å²) in [4.78, 5) is 66.1. The number of aliphatic hydroxyl groups is 16. The largest absolute Gasteiger partial charge is 0.544 e. The summed E-state index contributed by atoms with van der Waals surface area (Å²) in [7, 11) is 2.96. The molecule has 40 heteroatoms. The minimum atomic E-state index is -3.53. The number of unbranched alkanes of at least 4 members (excludes halogenated alkanes) is 14. The molecule has 0 aromatic heterocycles. The lowest BCUT2D eigenvalue weighted by molar-refractivity contribution is -0.421. The van der Waals surface area contributed by atoms with Crippen molar-refractivity contribution in [2.24, 2.45) is 0 Å². The van der Waals surface area contributed by atoms with Crippen LogP contribution < -0.4 is 42.0 Å². The van der Waals surface area contributed by atoms with Gasteiger partial charge in [-0.3, -0.25) is 19.2 Å². The second-order valence-corrected chi connectivity index (χ2v) is 29.1. The number of rotatable bonds is 46. The first kappa shape index (κ1) is 96.9. The molecule has 5 aliphatic heterocycles. The molecule has 0 aliphatic carbocycles. The molecule has 24 N–H and O–H groups in total. The number of carboxylic acid groups (broad SMARTS) is 1. The van der Waals surface area contributed by atoms with Crippen LogP contribution in [0.1, 0.15) is 135 Å². The van der Waals surface area contributed by atoms with Gasteiger partial charge in [-0.1, -0.05) is 113 Å². The maximum Gasteiger partial charge on any atom is 0.243 e. The Morgan fingerprint density at radius 3 is 1.66 bits per heavy atom. The third-order valence-corrected chi connectivity index (χ3v) is 20.7. The zero-order chi connectivity index (χ0) is 81.1. The van der Waals surface area contributed by atoms with Gasteiger partial charge in [-0.15, -0.1) is 0 Å². The third-order valence-electron chi connectivity index (χ3n) is 20.0. The highest BCUT2D eigenvalue weighted by Gasteiger charge is 2.61. The number of methoxy groups -OCH3 is 2. The van der Waals surface area contributed by atoms with Gasteiger partial charge in [0.25, 0.3) is 0 Å². The van der Waals surface area contributed by atoms with Crippen molar-refractivity contribution in [1.29, 1.82) is 0 Å². The van der Waals surface area contributed by atoms with Crippen LogP contribution in [0.15, 0.2) is 28.8 Å². The molecular weight excluding hydrogens is 1550 g/mol. The average Bonchev–Trinajstić information content (AvgIpc) is 0.746. The molecule has 6 rings (SSSR count). The molecule has 28 atom stereocenters. The van der Waals surface area contributed by atoms with Crippen LogP contribution in [-0.4, -0.2) is 343 Å². The Morgan fingerprint density at radius 2 is 1.10 bits per heavy atom. The summed E-state index contributed by atoms with van der Waals surface area (Å²) >= 11 is 3.49. The van der Waals surface area contributed by atoms with Crippen molar-refractivity contribution in [3.8, 4) is 11.5 Å². The lowest BCUT2D eigenvalue weighted by Gasteiger charge is -2.54. The minimum absolute atomic E-state index is 0. The van der Waals surface area contributed by atoms with Gasteiger partial charge >= 0.3 is 0 Å². The number of aliphatic hydroxyl groups excluding tert-OH is 16. The predicted octanol–water partition coefficient (Wildman–Crippen LogP) is -5.56. The van der Waals surface area contributed by atoms with E-state index in [1.54, 1.807) is 12.1 Å². The number of benzene rings is 1. The number of nitrogens with one attached hydrogen (secondary N) is 4. The Labute approximate surface area is 651 Å². The quantitative estimate of drug-likeness (QED) is 0.0214. The van der Waals surface area contributed by atoms with Crippen molar-refractivity contribution in [3.05, 3.63) is 34.3 Å². The Bertz CT molecular complexity index is 2980. The number of carboxylic acids is 1. The highest BCUT2D eigenvalue weighted by Crippen LogP contribution is 2.41. The van der Waals surface area contributed by atoms with Crippen molar-refractivity contribution in [2.45, 2.75) is 307 Å². The van der Waals surface area contributed by atoms with Gasteiger partial charge in [-0.05, 0) is 36.6 Å². The Kier molecular flexibility index (Phi) is 42.0. The molecule has 4 amide bonds. The van der Waals surface area contributed by atoms with E-state index in [0.29, 0.717) is 28.8 Å². The second-order valence-electron chi connectivity index (χ2n) is 28.2. The number of quaternary nitrogens is 1. The van der Waals surface area contributed by atoms with E-state index in [4.69, 9.17) is 56.8 Å². The van der Waals surface area contributed by atoms with Gasteiger partial charge in [0.1, 0.15) is 122 Å². The fraction of sp³-hybridized carbons (Fsp3) is 0.817. The predicted molar refractivity (Wildman–Crippen MR) is 385 cm³/mol. The van der Waals surface area contributed by atoms with Crippen LogP contribution >= 0.6 is 15.9 Å². The van der Waals surface area contributed by atoms with Gasteiger partial charge in [-0.2, -0.15) is 0 Å². The Hall–Kier alpha value is -4.69. The van der Waals surface area contributed by atoms with Crippen LogP contribution in [-0.2, 0) is 77.8 Å². The van der Waals surface area contributed by atoms with Crippen molar-refractivity contribution < 1.29 is 168 Å². The molecule has 640 valence electrons. The molecule has 1 aromatic rings. The molecule has 111 heavy (non-hydrogen) atoms. The molecule has 0 spiro atoms. The highest BCUT2D eigenvalue weighted by atomic mass is 79.9. The molecule has 5 heterocycles. The summed E-state index contributed by atoms with van der Waals surface area (Å²) in [6.45, 7) is -2.24. The normalized spacial score (nSPS) is 33.5. The summed E-state index contributed by atoms with van der Waals surface area (Å²) in [6.07, 6.45) is -33.6. The fourth-order valence-electron chi connectivity index (χ4n) is 13.8. The Morgan fingerprint density at radius 1 is 0.604 bits per heavy atom. The molecule has 0 saturated carbocycles. The first-order chi connectivity index (χ1) is 52.5. The lowest BCUT2D eigenvalue weighted by Crippen LogP contribution is -2.73. The zero-order valence-corrected chi connectivity index (χ0v) is 65.0. The van der Waals surface area contributed by atoms with Crippen molar-refractivity contribution in [1.82, 2.24) is 27.4 Å². The molecule has 0 radical (unpaired) electrons.